The molecular formula is C26H36N4O2. The minimum Gasteiger partial charge on any atom is -0.491 e. The summed E-state index contributed by atoms with van der Waals surface area (Å²) in [7, 11) is 1.76. The van der Waals surface area contributed by atoms with Crippen LogP contribution in [0, 0.1) is 5.92 Å². The molecule has 1 aliphatic rings. The van der Waals surface area contributed by atoms with Gasteiger partial charge < -0.3 is 20.3 Å². The fourth-order valence-corrected chi connectivity index (χ4v) is 4.00. The number of ether oxygens (including phenoxy) is 1. The number of nitrogens with zero attached hydrogens (tertiary/aromatic N) is 2. The van der Waals surface area contributed by atoms with E-state index in [1.54, 1.807) is 7.05 Å². The van der Waals surface area contributed by atoms with E-state index in [0.29, 0.717) is 31.4 Å². The number of amides is 1. The van der Waals surface area contributed by atoms with Gasteiger partial charge >= 0.3 is 0 Å². The van der Waals surface area contributed by atoms with Crippen LogP contribution in [0.25, 0.3) is 0 Å². The maximum absolute atomic E-state index is 12.4. The smallest absolute Gasteiger partial charge is 0.223 e. The van der Waals surface area contributed by atoms with Crippen LogP contribution in [0.4, 0.5) is 0 Å². The quantitative estimate of drug-likeness (QED) is 0.340. The van der Waals surface area contributed by atoms with E-state index in [2.05, 4.69) is 47.7 Å². The van der Waals surface area contributed by atoms with Crippen molar-refractivity contribution in [3.05, 3.63) is 65.7 Å². The van der Waals surface area contributed by atoms with Gasteiger partial charge in [-0.05, 0) is 29.5 Å². The van der Waals surface area contributed by atoms with Crippen molar-refractivity contribution in [2.24, 2.45) is 10.9 Å². The molecule has 0 aromatic heterocycles. The number of hydrogen-bond donors (Lipinski definition) is 2. The highest BCUT2D eigenvalue weighted by Gasteiger charge is 2.29. The van der Waals surface area contributed by atoms with Gasteiger partial charge in [-0.15, -0.1) is 0 Å². The standard InChI is InChI=1S/C26H36N4O2/c1-20(2)23-11-7-8-12-24(23)32-16-14-28-26(27-3)29-18-22-17-25(31)30(19-22)15-13-21-9-5-4-6-10-21/h4-12,20,22H,13-19H2,1-3H3,(H2,27,28,29). The summed E-state index contributed by atoms with van der Waals surface area (Å²) in [6.45, 7) is 7.85. The third-order valence-corrected chi connectivity index (χ3v) is 5.78. The number of benzene rings is 2. The third-order valence-electron chi connectivity index (χ3n) is 5.78. The number of carbonyl (C=O) groups excluding carboxylic acids is 1. The maximum Gasteiger partial charge on any atom is 0.223 e. The number of guanidine groups is 1. The number of aliphatic imine (C=N–C) groups is 1. The van der Waals surface area contributed by atoms with E-state index in [9.17, 15) is 4.79 Å². The Morgan fingerprint density at radius 3 is 2.62 bits per heavy atom. The monoisotopic (exact) mass is 436 g/mol. The zero-order chi connectivity index (χ0) is 22.8. The fourth-order valence-electron chi connectivity index (χ4n) is 4.00. The number of likely N-dealkylation sites (tertiary alicyclic amines) is 1. The van der Waals surface area contributed by atoms with Crippen molar-refractivity contribution in [2.75, 3.05) is 39.8 Å². The Kier molecular flexibility index (Phi) is 8.96. The molecule has 0 radical (unpaired) electrons. The molecule has 1 fully saturated rings. The molecule has 2 aromatic rings. The second-order valence-electron chi connectivity index (χ2n) is 8.57. The van der Waals surface area contributed by atoms with Crippen molar-refractivity contribution in [1.29, 1.82) is 0 Å². The number of nitrogens with one attached hydrogen (secondary N) is 2. The Morgan fingerprint density at radius 1 is 1.12 bits per heavy atom. The fraction of sp³-hybridized carbons (Fsp3) is 0.462. The molecule has 0 aliphatic carbocycles. The third kappa shape index (κ3) is 7.01. The second-order valence-corrected chi connectivity index (χ2v) is 8.57. The van der Waals surface area contributed by atoms with Crippen LogP contribution in [0.1, 0.15) is 37.3 Å². The number of para-hydroxylation sites is 1. The largest absolute Gasteiger partial charge is 0.491 e. The van der Waals surface area contributed by atoms with Crippen LogP contribution in [-0.4, -0.2) is 56.6 Å². The first-order chi connectivity index (χ1) is 15.6. The topological polar surface area (TPSA) is 66.0 Å². The van der Waals surface area contributed by atoms with Gasteiger partial charge in [0.2, 0.25) is 5.91 Å². The molecule has 1 aliphatic heterocycles. The van der Waals surface area contributed by atoms with Crippen LogP contribution in [0.5, 0.6) is 5.75 Å². The van der Waals surface area contributed by atoms with Crippen molar-refractivity contribution >= 4 is 11.9 Å². The first-order valence-corrected chi connectivity index (χ1v) is 11.5. The molecule has 1 heterocycles. The van der Waals surface area contributed by atoms with Crippen molar-refractivity contribution in [3.63, 3.8) is 0 Å². The lowest BCUT2D eigenvalue weighted by molar-refractivity contribution is -0.127. The predicted octanol–water partition coefficient (Wildman–Crippen LogP) is 3.45. The lowest BCUT2D eigenvalue weighted by Gasteiger charge is -2.18. The normalized spacial score (nSPS) is 16.5. The van der Waals surface area contributed by atoms with E-state index >= 15 is 0 Å². The molecule has 2 N–H and O–H groups in total. The van der Waals surface area contributed by atoms with Crippen LogP contribution in [-0.2, 0) is 11.2 Å². The van der Waals surface area contributed by atoms with Crippen LogP contribution in [0.2, 0.25) is 0 Å². The van der Waals surface area contributed by atoms with Crippen LogP contribution in [0.3, 0.4) is 0 Å². The Labute approximate surface area is 192 Å². The highest BCUT2D eigenvalue weighted by molar-refractivity contribution is 5.80. The van der Waals surface area contributed by atoms with Gasteiger partial charge in [0.05, 0.1) is 6.54 Å². The number of hydrogen-bond acceptors (Lipinski definition) is 3. The minimum atomic E-state index is 0.243. The van der Waals surface area contributed by atoms with Crippen LogP contribution >= 0.6 is 0 Å². The Balaban J connectivity index is 1.36. The first kappa shape index (κ1) is 23.6. The molecule has 2 aromatic carbocycles. The van der Waals surface area contributed by atoms with Gasteiger partial charge in [-0.3, -0.25) is 9.79 Å². The van der Waals surface area contributed by atoms with Gasteiger partial charge in [0.15, 0.2) is 5.96 Å². The molecule has 0 bridgehead atoms. The Hall–Kier alpha value is -3.02. The van der Waals surface area contributed by atoms with Gasteiger partial charge in [-0.25, -0.2) is 0 Å². The average molecular weight is 437 g/mol. The molecule has 1 saturated heterocycles. The van der Waals surface area contributed by atoms with Crippen molar-refractivity contribution in [3.8, 4) is 5.75 Å². The van der Waals surface area contributed by atoms with Gasteiger partial charge in [0.1, 0.15) is 12.4 Å². The number of rotatable bonds is 10. The second kappa shape index (κ2) is 12.1. The molecule has 1 unspecified atom stereocenters. The summed E-state index contributed by atoms with van der Waals surface area (Å²) < 4.78 is 5.97. The SMILES string of the molecule is CN=C(NCCOc1ccccc1C(C)C)NCC1CC(=O)N(CCc2ccccc2)C1. The summed E-state index contributed by atoms with van der Waals surface area (Å²) in [5.41, 5.74) is 2.49. The predicted molar refractivity (Wildman–Crippen MR) is 130 cm³/mol. The van der Waals surface area contributed by atoms with Crippen LogP contribution < -0.4 is 15.4 Å². The molecule has 6 nitrogen and oxygen atoms in total. The van der Waals surface area contributed by atoms with Crippen molar-refractivity contribution in [1.82, 2.24) is 15.5 Å². The molecule has 1 amide bonds. The lowest BCUT2D eigenvalue weighted by atomic mass is 10.0. The van der Waals surface area contributed by atoms with E-state index in [0.717, 1.165) is 37.8 Å². The van der Waals surface area contributed by atoms with E-state index in [1.807, 2.05) is 41.3 Å². The molecule has 3 rings (SSSR count). The maximum atomic E-state index is 12.4. The lowest BCUT2D eigenvalue weighted by Crippen LogP contribution is -2.41. The highest BCUT2D eigenvalue weighted by Crippen LogP contribution is 2.25. The first-order valence-electron chi connectivity index (χ1n) is 11.5. The van der Waals surface area contributed by atoms with Crippen molar-refractivity contribution < 1.29 is 9.53 Å². The molecule has 6 heteroatoms. The van der Waals surface area contributed by atoms with Gasteiger partial charge in [-0.2, -0.15) is 0 Å². The van der Waals surface area contributed by atoms with E-state index in [4.69, 9.17) is 4.74 Å². The van der Waals surface area contributed by atoms with Gasteiger partial charge in [-0.1, -0.05) is 62.4 Å². The molecular weight excluding hydrogens is 400 g/mol. The molecule has 172 valence electrons. The summed E-state index contributed by atoms with van der Waals surface area (Å²) in [5.74, 6) is 2.64. The molecule has 0 saturated carbocycles. The summed E-state index contributed by atoms with van der Waals surface area (Å²) in [6.07, 6.45) is 1.49. The van der Waals surface area contributed by atoms with E-state index < -0.39 is 0 Å². The Bertz CT molecular complexity index is 882. The van der Waals surface area contributed by atoms with E-state index in [1.165, 1.54) is 11.1 Å². The number of carbonyl (C=O) groups is 1. The highest BCUT2D eigenvalue weighted by atomic mass is 16.5. The molecule has 1 atom stereocenters. The Morgan fingerprint density at radius 2 is 1.88 bits per heavy atom. The van der Waals surface area contributed by atoms with Gasteiger partial charge in [0, 0.05) is 39.0 Å². The molecule has 0 spiro atoms. The zero-order valence-electron chi connectivity index (χ0n) is 19.5. The van der Waals surface area contributed by atoms with Crippen molar-refractivity contribution in [2.45, 2.75) is 32.6 Å². The average Bonchev–Trinajstić information content (AvgIpc) is 3.17. The van der Waals surface area contributed by atoms with Crippen LogP contribution in [0.15, 0.2) is 59.6 Å². The summed E-state index contributed by atoms with van der Waals surface area (Å²) in [6, 6.07) is 18.5. The summed E-state index contributed by atoms with van der Waals surface area (Å²) in [4.78, 5) is 18.7. The minimum absolute atomic E-state index is 0.243. The molecule has 32 heavy (non-hydrogen) atoms. The van der Waals surface area contributed by atoms with Gasteiger partial charge in [0.25, 0.3) is 0 Å². The zero-order valence-corrected chi connectivity index (χ0v) is 19.5. The van der Waals surface area contributed by atoms with E-state index in [-0.39, 0.29) is 5.91 Å². The summed E-state index contributed by atoms with van der Waals surface area (Å²) >= 11 is 0. The summed E-state index contributed by atoms with van der Waals surface area (Å²) in [5, 5.41) is 6.66.